The number of benzene rings is 2. The predicted octanol–water partition coefficient (Wildman–Crippen LogP) is 3.02. The van der Waals surface area contributed by atoms with Crippen LogP contribution in [-0.2, 0) is 4.79 Å². The molecule has 2 aromatic rings. The lowest BCUT2D eigenvalue weighted by molar-refractivity contribution is -0.119. The zero-order chi connectivity index (χ0) is 20.8. The fraction of sp³-hybridized carbons (Fsp3) is 0.300. The molecule has 28 heavy (non-hydrogen) atoms. The Balaban J connectivity index is 2.25. The van der Waals surface area contributed by atoms with E-state index in [4.69, 9.17) is 31.5 Å². The molecule has 1 atom stereocenters. The number of primary amides is 1. The Morgan fingerprint density at radius 1 is 1.14 bits per heavy atom. The molecule has 8 heteroatoms. The number of amides is 2. The van der Waals surface area contributed by atoms with Crippen LogP contribution in [0.2, 0.25) is 5.02 Å². The highest BCUT2D eigenvalue weighted by Crippen LogP contribution is 2.36. The van der Waals surface area contributed by atoms with E-state index in [1.54, 1.807) is 7.11 Å². The molecule has 2 aromatic carbocycles. The van der Waals surface area contributed by atoms with Crippen LogP contribution in [0.4, 0.5) is 0 Å². The van der Waals surface area contributed by atoms with Gasteiger partial charge in [0.15, 0.2) is 18.1 Å². The van der Waals surface area contributed by atoms with Crippen LogP contribution < -0.4 is 25.3 Å². The molecule has 0 bridgehead atoms. The van der Waals surface area contributed by atoms with Gasteiger partial charge in [0, 0.05) is 11.1 Å². The van der Waals surface area contributed by atoms with Crippen LogP contribution in [0.3, 0.4) is 0 Å². The van der Waals surface area contributed by atoms with Crippen molar-refractivity contribution in [2.24, 2.45) is 5.73 Å². The van der Waals surface area contributed by atoms with E-state index in [9.17, 15) is 9.59 Å². The topological polar surface area (TPSA) is 99.9 Å². The summed E-state index contributed by atoms with van der Waals surface area (Å²) in [4.78, 5) is 23.7. The molecule has 0 fully saturated rings. The fourth-order valence-electron chi connectivity index (χ4n) is 2.68. The quantitative estimate of drug-likeness (QED) is 0.701. The molecule has 0 heterocycles. The van der Waals surface area contributed by atoms with E-state index in [-0.39, 0.29) is 40.6 Å². The van der Waals surface area contributed by atoms with Gasteiger partial charge >= 0.3 is 0 Å². The van der Waals surface area contributed by atoms with E-state index in [1.165, 1.54) is 19.2 Å². The van der Waals surface area contributed by atoms with Crippen LogP contribution >= 0.6 is 11.6 Å². The fourth-order valence-corrected chi connectivity index (χ4v) is 2.95. The Morgan fingerprint density at radius 2 is 1.82 bits per heavy atom. The van der Waals surface area contributed by atoms with Crippen molar-refractivity contribution in [1.82, 2.24) is 5.32 Å². The second-order valence-electron chi connectivity index (χ2n) is 6.18. The second kappa shape index (κ2) is 9.32. The molecule has 2 amide bonds. The van der Waals surface area contributed by atoms with Gasteiger partial charge in [0.25, 0.3) is 11.8 Å². The van der Waals surface area contributed by atoms with Crippen LogP contribution in [0.1, 0.15) is 34.5 Å². The van der Waals surface area contributed by atoms with Crippen molar-refractivity contribution in [2.45, 2.75) is 19.9 Å². The summed E-state index contributed by atoms with van der Waals surface area (Å²) < 4.78 is 15.9. The lowest BCUT2D eigenvalue weighted by Crippen LogP contribution is -2.27. The van der Waals surface area contributed by atoms with Crippen molar-refractivity contribution in [2.75, 3.05) is 20.8 Å². The van der Waals surface area contributed by atoms with Crippen LogP contribution in [0.15, 0.2) is 30.3 Å². The molecule has 7 nitrogen and oxygen atoms in total. The van der Waals surface area contributed by atoms with Gasteiger partial charge in [-0.05, 0) is 32.0 Å². The zero-order valence-electron chi connectivity index (χ0n) is 16.2. The smallest absolute Gasteiger partial charge is 0.255 e. The van der Waals surface area contributed by atoms with Gasteiger partial charge in [0.05, 0.1) is 25.3 Å². The van der Waals surface area contributed by atoms with Crippen LogP contribution in [0.25, 0.3) is 0 Å². The Labute approximate surface area is 168 Å². The molecule has 1 unspecified atom stereocenters. The largest absolute Gasteiger partial charge is 0.496 e. The number of carbonyl (C=O) groups is 2. The van der Waals surface area contributed by atoms with Gasteiger partial charge in [-0.2, -0.15) is 0 Å². The number of nitrogens with two attached hydrogens (primary N) is 1. The number of aryl methyl sites for hydroxylation is 1. The SMILES string of the molecule is COc1ccc(C)cc1C(C)NC(=O)c1cc(Cl)c(OCC(N)=O)c(OC)c1. The van der Waals surface area contributed by atoms with Crippen LogP contribution in [-0.4, -0.2) is 32.6 Å². The first-order valence-corrected chi connectivity index (χ1v) is 8.88. The summed E-state index contributed by atoms with van der Waals surface area (Å²) in [7, 11) is 2.99. The Bertz CT molecular complexity index is 885. The maximum Gasteiger partial charge on any atom is 0.255 e. The standard InChI is InChI=1S/C20H23ClN2O5/c1-11-5-6-16(26-3)14(7-11)12(2)23-20(25)13-8-15(21)19(17(9-13)27-4)28-10-18(22)24/h5-9,12H,10H2,1-4H3,(H2,22,24)(H,23,25). The van der Waals surface area contributed by atoms with Gasteiger partial charge in [-0.1, -0.05) is 29.3 Å². The lowest BCUT2D eigenvalue weighted by Gasteiger charge is -2.19. The molecule has 0 aromatic heterocycles. The van der Waals surface area contributed by atoms with Gasteiger partial charge in [-0.15, -0.1) is 0 Å². The zero-order valence-corrected chi connectivity index (χ0v) is 16.9. The van der Waals surface area contributed by atoms with Crippen molar-refractivity contribution >= 4 is 23.4 Å². The number of ether oxygens (including phenoxy) is 3. The van der Waals surface area contributed by atoms with Crippen molar-refractivity contribution in [3.8, 4) is 17.2 Å². The van der Waals surface area contributed by atoms with E-state index < -0.39 is 5.91 Å². The first-order chi connectivity index (χ1) is 13.3. The number of halogens is 1. The first-order valence-electron chi connectivity index (χ1n) is 8.50. The van der Waals surface area contributed by atoms with Crippen molar-refractivity contribution in [3.05, 3.63) is 52.0 Å². The Morgan fingerprint density at radius 3 is 2.43 bits per heavy atom. The van der Waals surface area contributed by atoms with Crippen molar-refractivity contribution in [3.63, 3.8) is 0 Å². The van der Waals surface area contributed by atoms with E-state index >= 15 is 0 Å². The van der Waals surface area contributed by atoms with E-state index in [0.717, 1.165) is 11.1 Å². The highest BCUT2D eigenvalue weighted by molar-refractivity contribution is 6.32. The van der Waals surface area contributed by atoms with E-state index in [2.05, 4.69) is 5.32 Å². The Kier molecular flexibility index (Phi) is 7.12. The summed E-state index contributed by atoms with van der Waals surface area (Å²) in [6.07, 6.45) is 0. The maximum atomic E-state index is 12.7. The van der Waals surface area contributed by atoms with E-state index in [1.807, 2.05) is 32.0 Å². The van der Waals surface area contributed by atoms with Gasteiger partial charge in [0.1, 0.15) is 5.75 Å². The molecule has 3 N–H and O–H groups in total. The molecule has 0 aliphatic heterocycles. The third-order valence-electron chi connectivity index (χ3n) is 4.05. The van der Waals surface area contributed by atoms with Gasteiger partial charge < -0.3 is 25.3 Å². The highest BCUT2D eigenvalue weighted by atomic mass is 35.5. The normalized spacial score (nSPS) is 11.5. The molecule has 0 aliphatic rings. The van der Waals surface area contributed by atoms with Gasteiger partial charge in [0.2, 0.25) is 0 Å². The van der Waals surface area contributed by atoms with Crippen LogP contribution in [0, 0.1) is 6.92 Å². The molecular formula is C20H23ClN2O5. The molecule has 150 valence electrons. The summed E-state index contributed by atoms with van der Waals surface area (Å²) in [5.74, 6) is 0.0513. The van der Waals surface area contributed by atoms with Crippen molar-refractivity contribution in [1.29, 1.82) is 0 Å². The molecule has 0 saturated heterocycles. The molecule has 0 radical (unpaired) electrons. The minimum Gasteiger partial charge on any atom is -0.496 e. The second-order valence-corrected chi connectivity index (χ2v) is 6.59. The summed E-state index contributed by atoms with van der Waals surface area (Å²) in [6, 6.07) is 8.37. The number of hydrogen-bond acceptors (Lipinski definition) is 5. The number of methoxy groups -OCH3 is 2. The van der Waals surface area contributed by atoms with E-state index in [0.29, 0.717) is 5.75 Å². The summed E-state index contributed by atoms with van der Waals surface area (Å²) in [5, 5.41) is 3.05. The molecule has 0 saturated carbocycles. The average molecular weight is 407 g/mol. The minimum absolute atomic E-state index is 0.131. The summed E-state index contributed by atoms with van der Waals surface area (Å²) in [5.41, 5.74) is 7.28. The lowest BCUT2D eigenvalue weighted by atomic mass is 10.0. The number of rotatable bonds is 8. The summed E-state index contributed by atoms with van der Waals surface area (Å²) >= 11 is 6.21. The third-order valence-corrected chi connectivity index (χ3v) is 4.33. The Hall–Kier alpha value is -2.93. The number of carbonyl (C=O) groups excluding carboxylic acids is 2. The van der Waals surface area contributed by atoms with Crippen molar-refractivity contribution < 1.29 is 23.8 Å². The molecule has 2 rings (SSSR count). The minimum atomic E-state index is -0.652. The predicted molar refractivity (Wildman–Crippen MR) is 106 cm³/mol. The van der Waals surface area contributed by atoms with Gasteiger partial charge in [-0.3, -0.25) is 9.59 Å². The average Bonchev–Trinajstić information content (AvgIpc) is 2.65. The number of hydrogen-bond donors (Lipinski definition) is 2. The third kappa shape index (κ3) is 5.07. The molecule has 0 spiro atoms. The maximum absolute atomic E-state index is 12.7. The summed E-state index contributed by atoms with van der Waals surface area (Å²) in [6.45, 7) is 3.47. The monoisotopic (exact) mass is 406 g/mol. The van der Waals surface area contributed by atoms with Gasteiger partial charge in [-0.25, -0.2) is 0 Å². The first kappa shape index (κ1) is 21.4. The molecular weight excluding hydrogens is 384 g/mol. The molecule has 0 aliphatic carbocycles. The number of nitrogens with one attached hydrogen (secondary N) is 1. The highest BCUT2D eigenvalue weighted by Gasteiger charge is 2.19. The van der Waals surface area contributed by atoms with Crippen LogP contribution in [0.5, 0.6) is 17.2 Å².